The summed E-state index contributed by atoms with van der Waals surface area (Å²) in [4.78, 5) is 22.4. The average molecular weight is 427 g/mol. The first-order valence-corrected chi connectivity index (χ1v) is 8.79. The summed E-state index contributed by atoms with van der Waals surface area (Å²) in [5.41, 5.74) is -2.12. The molecule has 2 rings (SSSR count). The maximum atomic E-state index is 12.8. The number of hydrogen-bond acceptors (Lipinski definition) is 6. The molecule has 0 aliphatic carbocycles. The molecule has 2 N–H and O–H groups in total. The van der Waals surface area contributed by atoms with E-state index in [1.165, 1.54) is 14.0 Å². The van der Waals surface area contributed by atoms with Crippen molar-refractivity contribution in [2.75, 3.05) is 25.6 Å². The van der Waals surface area contributed by atoms with E-state index >= 15 is 0 Å². The van der Waals surface area contributed by atoms with Crippen molar-refractivity contribution in [2.45, 2.75) is 19.1 Å². The van der Waals surface area contributed by atoms with Gasteiger partial charge in [0.1, 0.15) is 18.3 Å². The van der Waals surface area contributed by atoms with Gasteiger partial charge in [-0.05, 0) is 31.2 Å². The molecule has 0 bridgehead atoms. The third kappa shape index (κ3) is 6.00. The highest BCUT2D eigenvalue weighted by molar-refractivity contribution is 5.85. The second-order valence-electron chi connectivity index (χ2n) is 6.14. The molecule has 30 heavy (non-hydrogen) atoms. The highest BCUT2D eigenvalue weighted by Gasteiger charge is 2.33. The lowest BCUT2D eigenvalue weighted by Gasteiger charge is -2.16. The fourth-order valence-electron chi connectivity index (χ4n) is 2.51. The van der Waals surface area contributed by atoms with E-state index in [9.17, 15) is 28.1 Å². The normalized spacial score (nSPS) is 12.0. The van der Waals surface area contributed by atoms with E-state index in [0.717, 1.165) is 6.07 Å². The third-order valence-corrected chi connectivity index (χ3v) is 4.01. The molecule has 2 aromatic carbocycles. The lowest BCUT2D eigenvalue weighted by atomic mass is 10.1. The van der Waals surface area contributed by atoms with Crippen molar-refractivity contribution in [1.29, 1.82) is 0 Å². The number of ether oxygens (including phenoxy) is 2. The molecule has 8 nitrogen and oxygen atoms in total. The number of methoxy groups -OCH3 is 1. The lowest BCUT2D eigenvalue weighted by Crippen LogP contribution is -2.39. The Morgan fingerprint density at radius 3 is 2.47 bits per heavy atom. The minimum absolute atomic E-state index is 0.137. The Bertz CT molecular complexity index is 905. The number of para-hydroxylation sites is 2. The standard InChI is InChI=1S/C19H20F3N3O5/c1-12(18(26)23-9-10-30-17-6-4-3-5-16(17)29-2)24-14-8-7-13(19(20,21)22)11-15(14)25(27)28/h3-8,11-12,24H,9-10H2,1-2H3,(H,23,26)/t12-/m1/s1. The van der Waals surface area contributed by atoms with Crippen LogP contribution in [-0.2, 0) is 11.0 Å². The van der Waals surface area contributed by atoms with E-state index in [-0.39, 0.29) is 18.8 Å². The summed E-state index contributed by atoms with van der Waals surface area (Å²) in [7, 11) is 1.50. The number of carbonyl (C=O) groups is 1. The quantitative estimate of drug-likeness (QED) is 0.360. The molecule has 0 aromatic heterocycles. The zero-order valence-electron chi connectivity index (χ0n) is 16.2. The summed E-state index contributed by atoms with van der Waals surface area (Å²) in [6.45, 7) is 1.70. The Morgan fingerprint density at radius 2 is 1.87 bits per heavy atom. The van der Waals surface area contributed by atoms with Gasteiger partial charge in [0.15, 0.2) is 11.5 Å². The van der Waals surface area contributed by atoms with Crippen LogP contribution in [0.25, 0.3) is 0 Å². The number of rotatable bonds is 9. The molecule has 0 heterocycles. The largest absolute Gasteiger partial charge is 0.493 e. The first-order valence-electron chi connectivity index (χ1n) is 8.79. The van der Waals surface area contributed by atoms with Crippen LogP contribution in [0.15, 0.2) is 42.5 Å². The fraction of sp³-hybridized carbons (Fsp3) is 0.316. The zero-order chi connectivity index (χ0) is 22.3. The van der Waals surface area contributed by atoms with Gasteiger partial charge < -0.3 is 20.1 Å². The lowest BCUT2D eigenvalue weighted by molar-refractivity contribution is -0.384. The predicted molar refractivity (Wildman–Crippen MR) is 103 cm³/mol. The highest BCUT2D eigenvalue weighted by atomic mass is 19.4. The molecule has 0 radical (unpaired) electrons. The van der Waals surface area contributed by atoms with E-state index < -0.39 is 34.3 Å². The van der Waals surface area contributed by atoms with Gasteiger partial charge >= 0.3 is 6.18 Å². The summed E-state index contributed by atoms with van der Waals surface area (Å²) >= 11 is 0. The number of halogens is 3. The second-order valence-corrected chi connectivity index (χ2v) is 6.14. The number of hydrogen-bond donors (Lipinski definition) is 2. The molecule has 1 amide bonds. The van der Waals surface area contributed by atoms with Crippen molar-refractivity contribution >= 4 is 17.3 Å². The minimum atomic E-state index is -4.71. The number of amides is 1. The molecule has 0 saturated heterocycles. The maximum Gasteiger partial charge on any atom is 0.416 e. The van der Waals surface area contributed by atoms with Crippen molar-refractivity contribution in [3.05, 3.63) is 58.1 Å². The van der Waals surface area contributed by atoms with Crippen LogP contribution >= 0.6 is 0 Å². The topological polar surface area (TPSA) is 103 Å². The van der Waals surface area contributed by atoms with Crippen LogP contribution < -0.4 is 20.1 Å². The maximum absolute atomic E-state index is 12.8. The summed E-state index contributed by atoms with van der Waals surface area (Å²) in [6, 6.07) is 8.09. The number of nitrogens with one attached hydrogen (secondary N) is 2. The first-order chi connectivity index (χ1) is 14.1. The first kappa shape index (κ1) is 22.8. The average Bonchev–Trinajstić information content (AvgIpc) is 2.70. The summed E-state index contributed by atoms with van der Waals surface area (Å²) < 4.78 is 49.0. The van der Waals surface area contributed by atoms with Gasteiger partial charge in [-0.3, -0.25) is 14.9 Å². The van der Waals surface area contributed by atoms with Gasteiger partial charge in [0.2, 0.25) is 5.91 Å². The van der Waals surface area contributed by atoms with Gasteiger partial charge in [-0.25, -0.2) is 0 Å². The molecule has 1 atom stereocenters. The Labute approximate surface area is 170 Å². The molecule has 0 aliphatic heterocycles. The van der Waals surface area contributed by atoms with Gasteiger partial charge in [-0.2, -0.15) is 13.2 Å². The molecule has 162 valence electrons. The van der Waals surface area contributed by atoms with Crippen LogP contribution in [0.2, 0.25) is 0 Å². The Hall–Kier alpha value is -3.50. The van der Waals surface area contributed by atoms with E-state index in [2.05, 4.69) is 10.6 Å². The molecular formula is C19H20F3N3O5. The van der Waals surface area contributed by atoms with Crippen molar-refractivity contribution in [1.82, 2.24) is 5.32 Å². The third-order valence-electron chi connectivity index (χ3n) is 4.01. The van der Waals surface area contributed by atoms with Gasteiger partial charge in [-0.15, -0.1) is 0 Å². The zero-order valence-corrected chi connectivity index (χ0v) is 16.2. The summed E-state index contributed by atoms with van der Waals surface area (Å²) in [5, 5.41) is 16.3. The molecule has 2 aromatic rings. The van der Waals surface area contributed by atoms with Crippen LogP contribution in [0.5, 0.6) is 11.5 Å². The minimum Gasteiger partial charge on any atom is -0.493 e. The van der Waals surface area contributed by atoms with Gasteiger partial charge in [0.25, 0.3) is 5.69 Å². The van der Waals surface area contributed by atoms with Crippen LogP contribution in [0.3, 0.4) is 0 Å². The van der Waals surface area contributed by atoms with Crippen LogP contribution in [0, 0.1) is 10.1 Å². The predicted octanol–water partition coefficient (Wildman–Crippen LogP) is 3.62. The van der Waals surface area contributed by atoms with Gasteiger partial charge in [0.05, 0.1) is 24.1 Å². The molecule has 11 heteroatoms. The van der Waals surface area contributed by atoms with Crippen molar-refractivity contribution < 1.29 is 32.4 Å². The number of anilines is 1. The van der Waals surface area contributed by atoms with Crippen LogP contribution in [-0.4, -0.2) is 37.1 Å². The number of benzene rings is 2. The number of nitro benzene ring substituents is 1. The second kappa shape index (κ2) is 9.81. The highest BCUT2D eigenvalue weighted by Crippen LogP contribution is 2.35. The number of alkyl halides is 3. The van der Waals surface area contributed by atoms with E-state index in [4.69, 9.17) is 9.47 Å². The number of nitrogens with zero attached hydrogens (tertiary/aromatic N) is 1. The molecule has 0 fully saturated rings. The monoisotopic (exact) mass is 427 g/mol. The summed E-state index contributed by atoms with van der Waals surface area (Å²) in [6.07, 6.45) is -4.71. The van der Waals surface area contributed by atoms with Crippen molar-refractivity contribution in [3.63, 3.8) is 0 Å². The van der Waals surface area contributed by atoms with Crippen LogP contribution in [0.1, 0.15) is 12.5 Å². The number of carbonyl (C=O) groups excluding carboxylic acids is 1. The summed E-state index contributed by atoms with van der Waals surface area (Å²) in [5.74, 6) is 0.530. The SMILES string of the molecule is COc1ccccc1OCCNC(=O)[C@@H](C)Nc1ccc(C(F)(F)F)cc1[N+](=O)[O-]. The van der Waals surface area contributed by atoms with Crippen molar-refractivity contribution in [2.24, 2.45) is 0 Å². The van der Waals surface area contributed by atoms with E-state index in [1.807, 2.05) is 0 Å². The molecule has 0 unspecified atom stereocenters. The molecular weight excluding hydrogens is 407 g/mol. The van der Waals surface area contributed by atoms with Crippen LogP contribution in [0.4, 0.5) is 24.5 Å². The van der Waals surface area contributed by atoms with E-state index in [1.54, 1.807) is 24.3 Å². The fourth-order valence-corrected chi connectivity index (χ4v) is 2.51. The Kier molecular flexibility index (Phi) is 7.45. The molecule has 0 aliphatic rings. The Morgan fingerprint density at radius 1 is 1.20 bits per heavy atom. The Balaban J connectivity index is 1.93. The van der Waals surface area contributed by atoms with Gasteiger partial charge in [0, 0.05) is 6.07 Å². The number of nitro groups is 1. The molecule has 0 saturated carbocycles. The van der Waals surface area contributed by atoms with Gasteiger partial charge in [-0.1, -0.05) is 12.1 Å². The smallest absolute Gasteiger partial charge is 0.416 e. The molecule has 0 spiro atoms. The van der Waals surface area contributed by atoms with E-state index in [0.29, 0.717) is 23.6 Å². The van der Waals surface area contributed by atoms with Crippen molar-refractivity contribution in [3.8, 4) is 11.5 Å².